The zero-order valence-electron chi connectivity index (χ0n) is 12.0. The maximum absolute atomic E-state index is 12.4. The fourth-order valence-corrected chi connectivity index (χ4v) is 3.46. The smallest absolute Gasteiger partial charge is 0.119 e. The van der Waals surface area contributed by atoms with Crippen LogP contribution in [0.15, 0.2) is 53.4 Å². The molecule has 0 amide bonds. The van der Waals surface area contributed by atoms with Crippen LogP contribution in [0, 0.1) is 0 Å². The number of benzene rings is 2. The molecule has 21 heavy (non-hydrogen) atoms. The highest BCUT2D eigenvalue weighted by molar-refractivity contribution is 7.85. The molecule has 0 saturated heterocycles. The number of halogens is 1. The highest BCUT2D eigenvalue weighted by atomic mass is 35.5. The third kappa shape index (κ3) is 4.30. The number of methoxy groups -OCH3 is 1. The molecule has 0 aliphatic rings. The van der Waals surface area contributed by atoms with Gasteiger partial charge in [0.05, 0.1) is 17.9 Å². The molecule has 0 spiro atoms. The van der Waals surface area contributed by atoms with Crippen molar-refractivity contribution in [2.45, 2.75) is 10.9 Å². The van der Waals surface area contributed by atoms with Crippen LogP contribution in [0.4, 0.5) is 0 Å². The second-order valence-electron chi connectivity index (χ2n) is 4.58. The van der Waals surface area contributed by atoms with Crippen molar-refractivity contribution >= 4 is 22.4 Å². The summed E-state index contributed by atoms with van der Waals surface area (Å²) in [6, 6.07) is 14.9. The first kappa shape index (κ1) is 16.0. The molecule has 0 fully saturated rings. The second kappa shape index (κ2) is 7.59. The summed E-state index contributed by atoms with van der Waals surface area (Å²) in [4.78, 5) is 0.780. The third-order valence-electron chi connectivity index (χ3n) is 3.24. The lowest BCUT2D eigenvalue weighted by Crippen LogP contribution is -2.22. The molecule has 2 unspecified atom stereocenters. The zero-order chi connectivity index (χ0) is 15.2. The zero-order valence-corrected chi connectivity index (χ0v) is 13.6. The second-order valence-corrected chi connectivity index (χ2v) is 6.52. The molecular formula is C16H18ClNO2S. The minimum absolute atomic E-state index is 0.00314. The van der Waals surface area contributed by atoms with Gasteiger partial charge in [0, 0.05) is 21.7 Å². The molecule has 2 atom stereocenters. The molecule has 2 aromatic carbocycles. The summed E-state index contributed by atoms with van der Waals surface area (Å²) in [7, 11) is 2.41. The summed E-state index contributed by atoms with van der Waals surface area (Å²) in [5, 5.41) is 3.85. The minimum atomic E-state index is -1.09. The molecule has 2 aromatic rings. The fourth-order valence-electron chi connectivity index (χ4n) is 2.04. The quantitative estimate of drug-likeness (QED) is 0.885. The fraction of sp³-hybridized carbons (Fsp3) is 0.250. The first-order valence-corrected chi connectivity index (χ1v) is 8.29. The van der Waals surface area contributed by atoms with Crippen molar-refractivity contribution in [3.63, 3.8) is 0 Å². The third-order valence-corrected chi connectivity index (χ3v) is 4.93. The van der Waals surface area contributed by atoms with E-state index in [0.717, 1.165) is 16.2 Å². The average Bonchev–Trinajstić information content (AvgIpc) is 2.53. The van der Waals surface area contributed by atoms with Gasteiger partial charge < -0.3 is 10.1 Å². The Morgan fingerprint density at radius 2 is 1.95 bits per heavy atom. The van der Waals surface area contributed by atoms with Crippen molar-refractivity contribution in [1.82, 2.24) is 5.32 Å². The molecule has 0 bridgehead atoms. The van der Waals surface area contributed by atoms with E-state index in [-0.39, 0.29) is 6.04 Å². The molecule has 0 saturated carbocycles. The van der Waals surface area contributed by atoms with Gasteiger partial charge in [-0.2, -0.15) is 0 Å². The SMILES string of the molecule is CNC(CS(=O)c1ccc(Cl)cc1)c1cccc(OC)c1. The summed E-state index contributed by atoms with van der Waals surface area (Å²) in [6.45, 7) is 0. The molecule has 5 heteroatoms. The van der Waals surface area contributed by atoms with Crippen molar-refractivity contribution < 1.29 is 8.95 Å². The van der Waals surface area contributed by atoms with E-state index in [1.54, 1.807) is 31.4 Å². The van der Waals surface area contributed by atoms with Crippen molar-refractivity contribution in [3.8, 4) is 5.75 Å². The Balaban J connectivity index is 2.14. The topological polar surface area (TPSA) is 38.3 Å². The normalized spacial score (nSPS) is 13.7. The largest absolute Gasteiger partial charge is 0.497 e. The predicted octanol–water partition coefficient (Wildman–Crippen LogP) is 3.42. The van der Waals surface area contributed by atoms with Gasteiger partial charge in [0.25, 0.3) is 0 Å². The van der Waals surface area contributed by atoms with E-state index in [1.165, 1.54) is 0 Å². The lowest BCUT2D eigenvalue weighted by molar-refractivity contribution is 0.413. The molecule has 0 heterocycles. The number of ether oxygens (including phenoxy) is 1. The maximum atomic E-state index is 12.4. The van der Waals surface area contributed by atoms with E-state index in [0.29, 0.717) is 10.8 Å². The van der Waals surface area contributed by atoms with Crippen LogP contribution in [0.2, 0.25) is 5.02 Å². The van der Waals surface area contributed by atoms with Crippen LogP contribution in [0.25, 0.3) is 0 Å². The molecule has 3 nitrogen and oxygen atoms in total. The molecule has 0 radical (unpaired) electrons. The van der Waals surface area contributed by atoms with E-state index < -0.39 is 10.8 Å². The number of hydrogen-bond acceptors (Lipinski definition) is 3. The van der Waals surface area contributed by atoms with Gasteiger partial charge in [0.2, 0.25) is 0 Å². The molecule has 112 valence electrons. The number of nitrogens with one attached hydrogen (secondary N) is 1. The van der Waals surface area contributed by atoms with Gasteiger partial charge in [-0.3, -0.25) is 4.21 Å². The Morgan fingerprint density at radius 3 is 2.57 bits per heavy atom. The molecular weight excluding hydrogens is 306 g/mol. The summed E-state index contributed by atoms with van der Waals surface area (Å²) >= 11 is 5.85. The monoisotopic (exact) mass is 323 g/mol. The van der Waals surface area contributed by atoms with Crippen molar-refractivity contribution in [2.24, 2.45) is 0 Å². The highest BCUT2D eigenvalue weighted by Gasteiger charge is 2.15. The van der Waals surface area contributed by atoms with Crippen LogP contribution >= 0.6 is 11.6 Å². The lowest BCUT2D eigenvalue weighted by atomic mass is 10.1. The molecule has 1 N–H and O–H groups in total. The molecule has 2 rings (SSSR count). The minimum Gasteiger partial charge on any atom is -0.497 e. The predicted molar refractivity (Wildman–Crippen MR) is 87.5 cm³/mol. The van der Waals surface area contributed by atoms with E-state index in [9.17, 15) is 4.21 Å². The summed E-state index contributed by atoms with van der Waals surface area (Å²) in [5.74, 6) is 1.29. The number of rotatable bonds is 6. The summed E-state index contributed by atoms with van der Waals surface area (Å²) in [6.07, 6.45) is 0. The summed E-state index contributed by atoms with van der Waals surface area (Å²) in [5.41, 5.74) is 1.05. The van der Waals surface area contributed by atoms with Crippen LogP contribution in [-0.2, 0) is 10.8 Å². The van der Waals surface area contributed by atoms with E-state index in [4.69, 9.17) is 16.3 Å². The first-order chi connectivity index (χ1) is 10.1. The van der Waals surface area contributed by atoms with Crippen molar-refractivity contribution in [3.05, 3.63) is 59.1 Å². The molecule has 0 aromatic heterocycles. The Hall–Kier alpha value is -1.36. The highest BCUT2D eigenvalue weighted by Crippen LogP contribution is 2.22. The summed E-state index contributed by atoms with van der Waals surface area (Å²) < 4.78 is 17.7. The standard InChI is InChI=1S/C16H18ClNO2S/c1-18-16(12-4-3-5-14(10-12)20-2)11-21(19)15-8-6-13(17)7-9-15/h3-10,16,18H,11H2,1-2H3. The van der Waals surface area contributed by atoms with Crippen LogP contribution in [0.3, 0.4) is 0 Å². The lowest BCUT2D eigenvalue weighted by Gasteiger charge is -2.17. The molecule has 0 aliphatic heterocycles. The van der Waals surface area contributed by atoms with Crippen molar-refractivity contribution in [1.29, 1.82) is 0 Å². The van der Waals surface area contributed by atoms with Crippen LogP contribution in [0.5, 0.6) is 5.75 Å². The average molecular weight is 324 g/mol. The Kier molecular flexibility index (Phi) is 5.79. The Morgan fingerprint density at radius 1 is 1.24 bits per heavy atom. The molecule has 0 aliphatic carbocycles. The van der Waals surface area contributed by atoms with Gasteiger partial charge in [-0.05, 0) is 49.0 Å². The number of hydrogen-bond donors (Lipinski definition) is 1. The maximum Gasteiger partial charge on any atom is 0.119 e. The van der Waals surface area contributed by atoms with E-state index in [2.05, 4.69) is 5.32 Å². The van der Waals surface area contributed by atoms with Gasteiger partial charge in [0.15, 0.2) is 0 Å². The van der Waals surface area contributed by atoms with Crippen molar-refractivity contribution in [2.75, 3.05) is 19.9 Å². The van der Waals surface area contributed by atoms with Crippen LogP contribution in [-0.4, -0.2) is 24.1 Å². The first-order valence-electron chi connectivity index (χ1n) is 6.59. The van der Waals surface area contributed by atoms with Gasteiger partial charge in [-0.1, -0.05) is 23.7 Å². The van der Waals surface area contributed by atoms with Gasteiger partial charge >= 0.3 is 0 Å². The Labute approximate surface area is 132 Å². The Bertz CT molecular complexity index is 616. The van der Waals surface area contributed by atoms with Gasteiger partial charge in [0.1, 0.15) is 5.75 Å². The van der Waals surface area contributed by atoms with Gasteiger partial charge in [-0.25, -0.2) is 0 Å². The van der Waals surface area contributed by atoms with E-state index in [1.807, 2.05) is 31.3 Å². The van der Waals surface area contributed by atoms with Crippen LogP contribution < -0.4 is 10.1 Å². The van der Waals surface area contributed by atoms with E-state index >= 15 is 0 Å². The van der Waals surface area contributed by atoms with Gasteiger partial charge in [-0.15, -0.1) is 0 Å². The van der Waals surface area contributed by atoms with Crippen LogP contribution in [0.1, 0.15) is 11.6 Å².